The molecule has 1 saturated heterocycles. The van der Waals surface area contributed by atoms with Crippen LogP contribution >= 0.6 is 11.3 Å². The van der Waals surface area contributed by atoms with E-state index in [4.69, 9.17) is 0 Å². The Morgan fingerprint density at radius 1 is 1.31 bits per heavy atom. The molecule has 3 heterocycles. The Morgan fingerprint density at radius 2 is 2.09 bits per heavy atom. The predicted molar refractivity (Wildman–Crippen MR) is 120 cm³/mol. The van der Waals surface area contributed by atoms with Crippen molar-refractivity contribution in [2.75, 3.05) is 18.4 Å². The number of hydroxylamine groups is 2. The van der Waals surface area contributed by atoms with E-state index in [0.717, 1.165) is 16.0 Å². The summed E-state index contributed by atoms with van der Waals surface area (Å²) in [5.74, 6) is -0.0108. The maximum atomic E-state index is 13.1. The van der Waals surface area contributed by atoms with Crippen LogP contribution in [-0.2, 0) is 11.2 Å². The van der Waals surface area contributed by atoms with Gasteiger partial charge in [-0.3, -0.25) is 4.79 Å². The summed E-state index contributed by atoms with van der Waals surface area (Å²) in [6, 6.07) is 10.0. The molecule has 0 radical (unpaired) electrons. The molecule has 2 atom stereocenters. The van der Waals surface area contributed by atoms with Gasteiger partial charge in [-0.2, -0.15) is 5.06 Å². The topological polar surface area (TPSA) is 98.6 Å². The van der Waals surface area contributed by atoms with Crippen LogP contribution in [0.4, 0.5) is 15.3 Å². The number of aliphatic hydroxyl groups is 1. The van der Waals surface area contributed by atoms with Gasteiger partial charge in [0.1, 0.15) is 17.2 Å². The molecule has 2 aromatic heterocycles. The van der Waals surface area contributed by atoms with Crippen LogP contribution < -0.4 is 5.32 Å². The Bertz CT molecular complexity index is 1090. The van der Waals surface area contributed by atoms with Crippen LogP contribution in [0.3, 0.4) is 0 Å². The zero-order valence-corrected chi connectivity index (χ0v) is 18.5. The van der Waals surface area contributed by atoms with E-state index < -0.39 is 5.60 Å². The Hall–Kier alpha value is -2.72. The van der Waals surface area contributed by atoms with Gasteiger partial charge in [0.15, 0.2) is 10.9 Å². The summed E-state index contributed by atoms with van der Waals surface area (Å²) in [4.78, 5) is 21.6. The molecule has 0 spiro atoms. The summed E-state index contributed by atoms with van der Waals surface area (Å²) < 4.78 is 13.1. The molecular weight excluding hydrogens is 431 g/mol. The second-order valence-corrected chi connectivity index (χ2v) is 9.27. The minimum Gasteiger partial charge on any atom is -0.382 e. The second kappa shape index (κ2) is 9.41. The van der Waals surface area contributed by atoms with E-state index in [0.29, 0.717) is 30.3 Å². The first-order valence-electron chi connectivity index (χ1n) is 10.4. The number of nitrogens with zero attached hydrogens (tertiary/aromatic N) is 3. The lowest BCUT2D eigenvalue weighted by Crippen LogP contribution is -2.39. The molecule has 9 heteroatoms. The first kappa shape index (κ1) is 22.5. The maximum Gasteiger partial charge on any atom is 0.188 e. The Balaban J connectivity index is 1.45. The van der Waals surface area contributed by atoms with Gasteiger partial charge in [0.05, 0.1) is 4.88 Å². The van der Waals surface area contributed by atoms with Crippen LogP contribution in [0.2, 0.25) is 0 Å². The van der Waals surface area contributed by atoms with Gasteiger partial charge in [-0.1, -0.05) is 23.5 Å². The molecular formula is C23H25FN4O3S. The van der Waals surface area contributed by atoms with Gasteiger partial charge < -0.3 is 15.6 Å². The zero-order valence-electron chi connectivity index (χ0n) is 17.7. The fraction of sp³-hybridized carbons (Fsp3) is 0.348. The van der Waals surface area contributed by atoms with Crippen LogP contribution in [0, 0.1) is 11.7 Å². The smallest absolute Gasteiger partial charge is 0.188 e. The van der Waals surface area contributed by atoms with Crippen molar-refractivity contribution < 1.29 is 19.5 Å². The monoisotopic (exact) mass is 456 g/mol. The third-order valence-electron chi connectivity index (χ3n) is 5.75. The van der Waals surface area contributed by atoms with Crippen molar-refractivity contribution in [3.8, 4) is 10.4 Å². The van der Waals surface area contributed by atoms with Crippen molar-refractivity contribution in [2.24, 2.45) is 5.92 Å². The maximum absolute atomic E-state index is 13.1. The number of nitrogens with one attached hydrogen (secondary N) is 1. The average molecular weight is 457 g/mol. The molecule has 0 bridgehead atoms. The summed E-state index contributed by atoms with van der Waals surface area (Å²) in [6.07, 6.45) is 4.53. The number of carbonyl (C=O) groups is 1. The molecule has 1 aliphatic heterocycles. The minimum atomic E-state index is -1.41. The number of Topliss-reactive ketones (excluding diaryl/α,β-unsaturated/α-hetero) is 1. The molecule has 4 rings (SSSR count). The highest BCUT2D eigenvalue weighted by Gasteiger charge is 2.38. The number of thiazole rings is 1. The largest absolute Gasteiger partial charge is 0.382 e. The van der Waals surface area contributed by atoms with E-state index in [1.165, 1.54) is 35.5 Å². The molecule has 0 aliphatic carbocycles. The van der Waals surface area contributed by atoms with Crippen LogP contribution in [0.1, 0.15) is 25.3 Å². The molecule has 1 aliphatic rings. The normalized spacial score (nSPS) is 21.8. The van der Waals surface area contributed by atoms with E-state index in [1.54, 1.807) is 24.5 Å². The molecule has 32 heavy (non-hydrogen) atoms. The predicted octanol–water partition coefficient (Wildman–Crippen LogP) is 4.05. The summed E-state index contributed by atoms with van der Waals surface area (Å²) in [7, 11) is 0. The molecule has 3 N–H and O–H groups in total. The number of rotatable bonds is 6. The van der Waals surface area contributed by atoms with Gasteiger partial charge in [0.2, 0.25) is 0 Å². The minimum absolute atomic E-state index is 0.0865. The van der Waals surface area contributed by atoms with Crippen molar-refractivity contribution in [3.63, 3.8) is 0 Å². The van der Waals surface area contributed by atoms with E-state index in [9.17, 15) is 19.5 Å². The van der Waals surface area contributed by atoms with E-state index in [-0.39, 0.29) is 30.5 Å². The van der Waals surface area contributed by atoms with E-state index >= 15 is 0 Å². The second-order valence-electron chi connectivity index (χ2n) is 8.24. The lowest BCUT2D eigenvalue weighted by atomic mass is 9.83. The average Bonchev–Trinajstić information content (AvgIpc) is 3.15. The quantitative estimate of drug-likeness (QED) is 0.515. The van der Waals surface area contributed by atoms with Crippen molar-refractivity contribution in [3.05, 3.63) is 60.2 Å². The molecule has 1 aromatic carbocycles. The fourth-order valence-electron chi connectivity index (χ4n) is 4.00. The zero-order chi connectivity index (χ0) is 22.7. The summed E-state index contributed by atoms with van der Waals surface area (Å²) in [5, 5.41) is 25.8. The number of halogens is 1. The van der Waals surface area contributed by atoms with Gasteiger partial charge in [0, 0.05) is 25.5 Å². The van der Waals surface area contributed by atoms with Crippen LogP contribution in [0.5, 0.6) is 0 Å². The SMILES string of the molecule is CC(=O)C1(O)CCN(O)CC(Cc2ccnc(Nc3ncc(-c4ccc(F)cc4)s3)c2)C1. The number of carbonyl (C=O) groups excluding carboxylic acids is 1. The molecule has 2 unspecified atom stereocenters. The third kappa shape index (κ3) is 5.36. The Morgan fingerprint density at radius 3 is 2.84 bits per heavy atom. The number of anilines is 2. The van der Waals surface area contributed by atoms with Crippen molar-refractivity contribution in [1.82, 2.24) is 15.0 Å². The highest BCUT2D eigenvalue weighted by Crippen LogP contribution is 2.32. The van der Waals surface area contributed by atoms with Gasteiger partial charge in [0.25, 0.3) is 0 Å². The van der Waals surface area contributed by atoms with Crippen molar-refractivity contribution in [2.45, 2.75) is 31.8 Å². The molecule has 1 fully saturated rings. The van der Waals surface area contributed by atoms with Crippen LogP contribution in [0.25, 0.3) is 10.4 Å². The number of hydrogen-bond donors (Lipinski definition) is 3. The third-order valence-corrected chi connectivity index (χ3v) is 6.71. The first-order chi connectivity index (χ1) is 15.3. The molecule has 7 nitrogen and oxygen atoms in total. The van der Waals surface area contributed by atoms with E-state index in [1.807, 2.05) is 12.1 Å². The number of ketones is 1. The standard InChI is InChI=1S/C23H25FN4O3S/c1-15(29)23(30)7-9-28(31)14-17(12-23)10-16-6-8-25-21(11-16)27-22-26-13-20(32-22)18-2-4-19(24)5-3-18/h2-6,8,11,13,17,30-31H,7,9-10,12,14H2,1H3,(H,25,26,27). The van der Waals surface area contributed by atoms with Gasteiger partial charge in [-0.15, -0.1) is 0 Å². The number of benzene rings is 1. The van der Waals surface area contributed by atoms with Gasteiger partial charge in [-0.25, -0.2) is 14.4 Å². The Labute approximate surface area is 189 Å². The summed E-state index contributed by atoms with van der Waals surface area (Å²) >= 11 is 1.44. The lowest BCUT2D eigenvalue weighted by Gasteiger charge is -2.26. The van der Waals surface area contributed by atoms with E-state index in [2.05, 4.69) is 15.3 Å². The Kier molecular flexibility index (Phi) is 6.61. The molecule has 168 valence electrons. The first-order valence-corrected chi connectivity index (χ1v) is 11.2. The number of hydrogen-bond acceptors (Lipinski definition) is 8. The number of aromatic nitrogens is 2. The van der Waals surface area contributed by atoms with Crippen LogP contribution in [-0.4, -0.2) is 49.8 Å². The molecule has 3 aromatic rings. The summed E-state index contributed by atoms with van der Waals surface area (Å²) in [6.45, 7) is 2.04. The fourth-order valence-corrected chi connectivity index (χ4v) is 4.82. The lowest BCUT2D eigenvalue weighted by molar-refractivity contribution is -0.138. The van der Waals surface area contributed by atoms with Crippen molar-refractivity contribution >= 4 is 28.1 Å². The molecule has 0 saturated carbocycles. The molecule has 0 amide bonds. The summed E-state index contributed by atoms with van der Waals surface area (Å²) in [5.41, 5.74) is 0.455. The van der Waals surface area contributed by atoms with Crippen LogP contribution in [0.15, 0.2) is 48.8 Å². The number of pyridine rings is 1. The van der Waals surface area contributed by atoms with Crippen molar-refractivity contribution in [1.29, 1.82) is 0 Å². The highest BCUT2D eigenvalue weighted by molar-refractivity contribution is 7.18. The van der Waals surface area contributed by atoms with Gasteiger partial charge in [-0.05, 0) is 67.5 Å². The van der Waals surface area contributed by atoms with Gasteiger partial charge >= 0.3 is 0 Å². The highest BCUT2D eigenvalue weighted by atomic mass is 32.1.